The van der Waals surface area contributed by atoms with Gasteiger partial charge in [0.15, 0.2) is 0 Å². The Morgan fingerprint density at radius 2 is 1.75 bits per heavy atom. The van der Waals surface area contributed by atoms with Gasteiger partial charge in [0.1, 0.15) is 11.4 Å². The lowest BCUT2D eigenvalue weighted by atomic mass is 10.1. The van der Waals surface area contributed by atoms with Gasteiger partial charge in [0.2, 0.25) is 0 Å². The SMILES string of the molecule is Oc1ccccc1-c1cc(-c2nnc(Nc3ccccc3)o2)[nH]n1. The second-order valence-corrected chi connectivity index (χ2v) is 5.09. The Balaban J connectivity index is 1.58. The van der Waals surface area contributed by atoms with E-state index in [-0.39, 0.29) is 11.8 Å². The summed E-state index contributed by atoms with van der Waals surface area (Å²) in [5.74, 6) is 0.468. The molecule has 2 aromatic carbocycles. The Bertz CT molecular complexity index is 962. The highest BCUT2D eigenvalue weighted by atomic mass is 16.4. The molecule has 0 radical (unpaired) electrons. The molecular formula is C17H13N5O2. The Hall–Kier alpha value is -3.61. The second-order valence-electron chi connectivity index (χ2n) is 5.09. The lowest BCUT2D eigenvalue weighted by Crippen LogP contribution is -1.88. The molecule has 0 unspecified atom stereocenters. The lowest BCUT2D eigenvalue weighted by molar-refractivity contribution is 0.477. The number of aromatic nitrogens is 4. The van der Waals surface area contributed by atoms with Crippen LogP contribution in [-0.4, -0.2) is 25.5 Å². The van der Waals surface area contributed by atoms with E-state index in [9.17, 15) is 5.11 Å². The van der Waals surface area contributed by atoms with E-state index in [0.29, 0.717) is 22.8 Å². The molecule has 4 aromatic rings. The van der Waals surface area contributed by atoms with Gasteiger partial charge in [0, 0.05) is 11.3 Å². The number of anilines is 2. The van der Waals surface area contributed by atoms with Gasteiger partial charge in [-0.1, -0.05) is 35.4 Å². The van der Waals surface area contributed by atoms with Crippen LogP contribution >= 0.6 is 0 Å². The number of H-pyrrole nitrogens is 1. The van der Waals surface area contributed by atoms with Crippen LogP contribution in [0.25, 0.3) is 22.8 Å². The van der Waals surface area contributed by atoms with E-state index in [2.05, 4.69) is 25.7 Å². The van der Waals surface area contributed by atoms with Gasteiger partial charge in [-0.25, -0.2) is 0 Å². The van der Waals surface area contributed by atoms with Crippen LogP contribution in [0, 0.1) is 0 Å². The molecule has 0 aliphatic carbocycles. The van der Waals surface area contributed by atoms with Gasteiger partial charge in [-0.3, -0.25) is 5.10 Å². The van der Waals surface area contributed by atoms with Gasteiger partial charge in [-0.15, -0.1) is 5.10 Å². The Morgan fingerprint density at radius 1 is 0.958 bits per heavy atom. The van der Waals surface area contributed by atoms with Gasteiger partial charge >= 0.3 is 6.01 Å². The van der Waals surface area contributed by atoms with E-state index in [0.717, 1.165) is 5.69 Å². The molecule has 0 atom stereocenters. The normalized spacial score (nSPS) is 10.7. The van der Waals surface area contributed by atoms with Crippen molar-refractivity contribution in [2.75, 3.05) is 5.32 Å². The zero-order chi connectivity index (χ0) is 16.4. The van der Waals surface area contributed by atoms with E-state index >= 15 is 0 Å². The number of aromatic hydroxyl groups is 1. The molecule has 118 valence electrons. The fraction of sp³-hybridized carbons (Fsp3) is 0. The number of phenols is 1. The zero-order valence-corrected chi connectivity index (χ0v) is 12.5. The third-order valence-electron chi connectivity index (χ3n) is 3.44. The maximum atomic E-state index is 9.90. The Labute approximate surface area is 137 Å². The number of aromatic amines is 1. The maximum absolute atomic E-state index is 9.90. The minimum absolute atomic E-state index is 0.160. The van der Waals surface area contributed by atoms with E-state index < -0.39 is 0 Å². The lowest BCUT2D eigenvalue weighted by Gasteiger charge is -1.98. The Morgan fingerprint density at radius 3 is 2.58 bits per heavy atom. The molecule has 0 saturated heterocycles. The summed E-state index contributed by atoms with van der Waals surface area (Å²) in [6.45, 7) is 0. The molecule has 0 aliphatic heterocycles. The van der Waals surface area contributed by atoms with Crippen molar-refractivity contribution >= 4 is 11.7 Å². The number of rotatable bonds is 4. The van der Waals surface area contributed by atoms with Crippen molar-refractivity contribution in [1.82, 2.24) is 20.4 Å². The summed E-state index contributed by atoms with van der Waals surface area (Å²) < 4.78 is 5.59. The monoisotopic (exact) mass is 319 g/mol. The van der Waals surface area contributed by atoms with Crippen LogP contribution in [0.15, 0.2) is 65.1 Å². The fourth-order valence-electron chi connectivity index (χ4n) is 2.29. The van der Waals surface area contributed by atoms with Crippen LogP contribution in [-0.2, 0) is 0 Å². The second kappa shape index (κ2) is 5.88. The van der Waals surface area contributed by atoms with Crippen molar-refractivity contribution in [3.8, 4) is 28.6 Å². The van der Waals surface area contributed by atoms with Crippen molar-refractivity contribution < 1.29 is 9.52 Å². The van der Waals surface area contributed by atoms with Crippen LogP contribution in [0.2, 0.25) is 0 Å². The topological polar surface area (TPSA) is 99.9 Å². The average molecular weight is 319 g/mol. The molecule has 7 heteroatoms. The van der Waals surface area contributed by atoms with Crippen LogP contribution in [0.3, 0.4) is 0 Å². The first-order valence-corrected chi connectivity index (χ1v) is 7.29. The Kier molecular flexibility index (Phi) is 3.43. The number of benzene rings is 2. The predicted molar refractivity (Wildman–Crippen MR) is 88.7 cm³/mol. The molecule has 24 heavy (non-hydrogen) atoms. The van der Waals surface area contributed by atoms with Crippen LogP contribution < -0.4 is 5.32 Å². The summed E-state index contributed by atoms with van der Waals surface area (Å²) in [4.78, 5) is 0. The molecule has 0 bridgehead atoms. The van der Waals surface area contributed by atoms with Gasteiger partial charge < -0.3 is 14.8 Å². The molecule has 7 nitrogen and oxygen atoms in total. The minimum Gasteiger partial charge on any atom is -0.507 e. The van der Waals surface area contributed by atoms with Gasteiger partial charge in [0.25, 0.3) is 5.89 Å². The summed E-state index contributed by atoms with van der Waals surface area (Å²) in [5.41, 5.74) is 2.65. The summed E-state index contributed by atoms with van der Waals surface area (Å²) >= 11 is 0. The molecule has 0 spiro atoms. The smallest absolute Gasteiger partial charge is 0.320 e. The average Bonchev–Trinajstić information content (AvgIpc) is 3.25. The molecular weight excluding hydrogens is 306 g/mol. The molecule has 4 rings (SSSR count). The fourth-order valence-corrected chi connectivity index (χ4v) is 2.29. The molecule has 2 aromatic heterocycles. The number of hydrogen-bond donors (Lipinski definition) is 3. The minimum atomic E-state index is 0.160. The molecule has 0 aliphatic rings. The molecule has 2 heterocycles. The predicted octanol–water partition coefficient (Wildman–Crippen LogP) is 3.58. The standard InChI is InChI=1S/C17H13N5O2/c23-15-9-5-4-8-12(15)13-10-14(20-19-13)16-21-22-17(24-16)18-11-6-2-1-3-7-11/h1-10,23H,(H,18,22)(H,19,20). The van der Waals surface area contributed by atoms with Crippen molar-refractivity contribution in [2.24, 2.45) is 0 Å². The highest BCUT2D eigenvalue weighted by Gasteiger charge is 2.14. The third kappa shape index (κ3) is 2.70. The number of phenolic OH excluding ortho intramolecular Hbond substituents is 1. The molecule has 0 amide bonds. The highest BCUT2D eigenvalue weighted by molar-refractivity contribution is 5.69. The van der Waals surface area contributed by atoms with Crippen LogP contribution in [0.5, 0.6) is 5.75 Å². The number of para-hydroxylation sites is 2. The first kappa shape index (κ1) is 14.0. The van der Waals surface area contributed by atoms with E-state index in [1.165, 1.54) is 0 Å². The van der Waals surface area contributed by atoms with Crippen molar-refractivity contribution in [1.29, 1.82) is 0 Å². The number of nitrogens with one attached hydrogen (secondary N) is 2. The van der Waals surface area contributed by atoms with Crippen molar-refractivity contribution in [3.05, 3.63) is 60.7 Å². The highest BCUT2D eigenvalue weighted by Crippen LogP contribution is 2.30. The van der Waals surface area contributed by atoms with Crippen molar-refractivity contribution in [3.63, 3.8) is 0 Å². The van der Waals surface area contributed by atoms with Crippen LogP contribution in [0.4, 0.5) is 11.7 Å². The van der Waals surface area contributed by atoms with Gasteiger partial charge in [-0.2, -0.15) is 5.10 Å². The summed E-state index contributed by atoms with van der Waals surface area (Å²) in [6, 6.07) is 18.6. The number of hydrogen-bond acceptors (Lipinski definition) is 6. The molecule has 0 fully saturated rings. The van der Waals surface area contributed by atoms with Crippen LogP contribution in [0.1, 0.15) is 0 Å². The number of nitrogens with zero attached hydrogens (tertiary/aromatic N) is 3. The first-order valence-electron chi connectivity index (χ1n) is 7.29. The van der Waals surface area contributed by atoms with E-state index in [1.807, 2.05) is 36.4 Å². The van der Waals surface area contributed by atoms with Gasteiger partial charge in [0.05, 0.1) is 5.69 Å². The summed E-state index contributed by atoms with van der Waals surface area (Å²) in [6.07, 6.45) is 0. The largest absolute Gasteiger partial charge is 0.507 e. The third-order valence-corrected chi connectivity index (χ3v) is 3.44. The van der Waals surface area contributed by atoms with E-state index in [1.54, 1.807) is 24.3 Å². The van der Waals surface area contributed by atoms with Crippen molar-refractivity contribution in [2.45, 2.75) is 0 Å². The summed E-state index contributed by atoms with van der Waals surface area (Å²) in [7, 11) is 0. The summed E-state index contributed by atoms with van der Waals surface area (Å²) in [5, 5.41) is 27.9. The van der Waals surface area contributed by atoms with Gasteiger partial charge in [-0.05, 0) is 30.3 Å². The molecule has 0 saturated carbocycles. The maximum Gasteiger partial charge on any atom is 0.320 e. The quantitative estimate of drug-likeness (QED) is 0.531. The first-order chi connectivity index (χ1) is 11.8. The molecule has 3 N–H and O–H groups in total. The van der Waals surface area contributed by atoms with E-state index in [4.69, 9.17) is 4.42 Å². The zero-order valence-electron chi connectivity index (χ0n) is 12.5.